The molecule has 1 amide bonds. The smallest absolute Gasteiger partial charge is 0.279 e. The quantitative estimate of drug-likeness (QED) is 0.807. The summed E-state index contributed by atoms with van der Waals surface area (Å²) in [5.41, 5.74) is 0.767. The second-order valence-corrected chi connectivity index (χ2v) is 4.61. The van der Waals surface area contributed by atoms with Crippen molar-refractivity contribution >= 4 is 11.6 Å². The largest absolute Gasteiger partial charge is 0.492 e. The Balaban J connectivity index is 1.93. The Morgan fingerprint density at radius 2 is 2.06 bits per heavy atom. The van der Waals surface area contributed by atoms with Crippen LogP contribution in [0.2, 0.25) is 0 Å². The van der Waals surface area contributed by atoms with Crippen molar-refractivity contribution in [1.82, 2.24) is 0 Å². The number of hydrogen-bond acceptors (Lipinski definition) is 2. The van der Waals surface area contributed by atoms with Crippen LogP contribution in [-0.2, 0) is 4.79 Å². The lowest BCUT2D eigenvalue weighted by Gasteiger charge is -2.14. The van der Waals surface area contributed by atoms with Crippen molar-refractivity contribution in [2.75, 3.05) is 31.6 Å². The minimum absolute atomic E-state index is 0.0686. The first-order valence-electron chi connectivity index (χ1n) is 6.65. The van der Waals surface area contributed by atoms with E-state index in [2.05, 4.69) is 5.32 Å². The second kappa shape index (κ2) is 6.40. The SMILES string of the molecule is CCOc1ccccc1NC(=O)C[NH+]1CCCC1. The van der Waals surface area contributed by atoms with Crippen LogP contribution in [0.15, 0.2) is 24.3 Å². The van der Waals surface area contributed by atoms with Gasteiger partial charge in [0.15, 0.2) is 6.54 Å². The summed E-state index contributed by atoms with van der Waals surface area (Å²) in [6.07, 6.45) is 2.47. The van der Waals surface area contributed by atoms with Gasteiger partial charge in [-0.15, -0.1) is 0 Å². The van der Waals surface area contributed by atoms with E-state index in [0.717, 1.165) is 24.5 Å². The molecule has 1 aliphatic heterocycles. The van der Waals surface area contributed by atoms with E-state index in [4.69, 9.17) is 4.74 Å². The molecular weight excluding hydrogens is 228 g/mol. The van der Waals surface area contributed by atoms with Crippen LogP contribution in [0.1, 0.15) is 19.8 Å². The third-order valence-corrected chi connectivity index (χ3v) is 3.18. The highest BCUT2D eigenvalue weighted by molar-refractivity contribution is 5.92. The molecule has 1 aromatic carbocycles. The van der Waals surface area contributed by atoms with Crippen LogP contribution in [0.4, 0.5) is 5.69 Å². The fraction of sp³-hybridized carbons (Fsp3) is 0.500. The maximum absolute atomic E-state index is 11.9. The lowest BCUT2D eigenvalue weighted by atomic mass is 10.3. The summed E-state index contributed by atoms with van der Waals surface area (Å²) >= 11 is 0. The molecule has 98 valence electrons. The summed E-state index contributed by atoms with van der Waals surface area (Å²) < 4.78 is 5.49. The van der Waals surface area contributed by atoms with Gasteiger partial charge in [0.2, 0.25) is 0 Å². The van der Waals surface area contributed by atoms with E-state index < -0.39 is 0 Å². The van der Waals surface area contributed by atoms with Crippen LogP contribution >= 0.6 is 0 Å². The van der Waals surface area contributed by atoms with E-state index in [1.54, 1.807) is 0 Å². The van der Waals surface area contributed by atoms with Crippen LogP contribution in [0.5, 0.6) is 5.75 Å². The number of carbonyl (C=O) groups is 1. The molecule has 0 aliphatic carbocycles. The van der Waals surface area contributed by atoms with Crippen molar-refractivity contribution in [2.45, 2.75) is 19.8 Å². The first-order chi connectivity index (χ1) is 8.79. The normalized spacial score (nSPS) is 15.6. The molecule has 0 atom stereocenters. The van der Waals surface area contributed by atoms with Crippen LogP contribution in [-0.4, -0.2) is 32.1 Å². The molecule has 2 N–H and O–H groups in total. The standard InChI is InChI=1S/C14H20N2O2/c1-2-18-13-8-4-3-7-12(13)15-14(17)11-16-9-5-6-10-16/h3-4,7-8H,2,5-6,9-11H2,1H3,(H,15,17)/p+1. The Morgan fingerprint density at radius 1 is 1.33 bits per heavy atom. The molecule has 2 rings (SSSR count). The van der Waals surface area contributed by atoms with E-state index in [0.29, 0.717) is 13.2 Å². The van der Waals surface area contributed by atoms with Gasteiger partial charge in [-0.25, -0.2) is 0 Å². The first kappa shape index (κ1) is 12.9. The van der Waals surface area contributed by atoms with Gasteiger partial charge < -0.3 is 15.0 Å². The predicted octanol–water partition coefficient (Wildman–Crippen LogP) is 0.702. The Labute approximate surface area is 108 Å². The molecule has 1 aliphatic rings. The lowest BCUT2D eigenvalue weighted by molar-refractivity contribution is -0.878. The fourth-order valence-electron chi connectivity index (χ4n) is 2.32. The first-order valence-corrected chi connectivity index (χ1v) is 6.65. The van der Waals surface area contributed by atoms with Crippen molar-refractivity contribution in [2.24, 2.45) is 0 Å². The van der Waals surface area contributed by atoms with Gasteiger partial charge in [-0.3, -0.25) is 4.79 Å². The molecule has 4 heteroatoms. The van der Waals surface area contributed by atoms with Crippen LogP contribution in [0.3, 0.4) is 0 Å². The third kappa shape index (κ3) is 3.47. The van der Waals surface area contributed by atoms with Crippen molar-refractivity contribution in [3.05, 3.63) is 24.3 Å². The lowest BCUT2D eigenvalue weighted by Crippen LogP contribution is -3.11. The molecule has 0 unspecified atom stereocenters. The van der Waals surface area contributed by atoms with Gasteiger partial charge in [-0.2, -0.15) is 0 Å². The number of quaternary nitrogens is 1. The second-order valence-electron chi connectivity index (χ2n) is 4.61. The van der Waals surface area contributed by atoms with Crippen molar-refractivity contribution in [1.29, 1.82) is 0 Å². The predicted molar refractivity (Wildman–Crippen MR) is 71.0 cm³/mol. The molecule has 0 radical (unpaired) electrons. The van der Waals surface area contributed by atoms with Crippen LogP contribution in [0, 0.1) is 0 Å². The summed E-state index contributed by atoms with van der Waals surface area (Å²) in [7, 11) is 0. The number of likely N-dealkylation sites (tertiary alicyclic amines) is 1. The van der Waals surface area contributed by atoms with E-state index in [1.165, 1.54) is 17.7 Å². The molecule has 1 saturated heterocycles. The zero-order valence-electron chi connectivity index (χ0n) is 10.9. The number of rotatable bonds is 5. The average Bonchev–Trinajstić information content (AvgIpc) is 2.84. The summed E-state index contributed by atoms with van der Waals surface area (Å²) in [5, 5.41) is 2.94. The van der Waals surface area contributed by atoms with Gasteiger partial charge in [-0.1, -0.05) is 12.1 Å². The highest BCUT2D eigenvalue weighted by Gasteiger charge is 2.19. The average molecular weight is 249 g/mol. The monoisotopic (exact) mass is 249 g/mol. The highest BCUT2D eigenvalue weighted by Crippen LogP contribution is 2.23. The molecule has 18 heavy (non-hydrogen) atoms. The minimum atomic E-state index is 0.0686. The number of anilines is 1. The Bertz CT molecular complexity index is 401. The number of benzene rings is 1. The summed E-state index contributed by atoms with van der Waals surface area (Å²) in [6, 6.07) is 7.57. The number of carbonyl (C=O) groups excluding carboxylic acids is 1. The van der Waals surface area contributed by atoms with E-state index in [9.17, 15) is 4.79 Å². The maximum atomic E-state index is 11.9. The van der Waals surface area contributed by atoms with Crippen LogP contribution in [0.25, 0.3) is 0 Å². The zero-order chi connectivity index (χ0) is 12.8. The molecule has 0 spiro atoms. The number of nitrogens with one attached hydrogen (secondary N) is 2. The molecule has 4 nitrogen and oxygen atoms in total. The van der Waals surface area contributed by atoms with E-state index in [-0.39, 0.29) is 5.91 Å². The van der Waals surface area contributed by atoms with Gasteiger partial charge in [-0.05, 0) is 19.1 Å². The topological polar surface area (TPSA) is 42.8 Å². The molecule has 1 heterocycles. The minimum Gasteiger partial charge on any atom is -0.492 e. The third-order valence-electron chi connectivity index (χ3n) is 3.18. The molecular formula is C14H21N2O2+. The number of para-hydroxylation sites is 2. The van der Waals surface area contributed by atoms with Crippen molar-refractivity contribution in [3.63, 3.8) is 0 Å². The van der Waals surface area contributed by atoms with E-state index >= 15 is 0 Å². The number of amides is 1. The number of ether oxygens (including phenoxy) is 1. The van der Waals surface area contributed by atoms with E-state index in [1.807, 2.05) is 31.2 Å². The molecule has 1 fully saturated rings. The maximum Gasteiger partial charge on any atom is 0.279 e. The zero-order valence-corrected chi connectivity index (χ0v) is 10.9. The Morgan fingerprint density at radius 3 is 2.78 bits per heavy atom. The van der Waals surface area contributed by atoms with Gasteiger partial charge in [0.1, 0.15) is 5.75 Å². The van der Waals surface area contributed by atoms with Gasteiger partial charge >= 0.3 is 0 Å². The Hall–Kier alpha value is -1.55. The van der Waals surface area contributed by atoms with Crippen molar-refractivity contribution < 1.29 is 14.4 Å². The van der Waals surface area contributed by atoms with Gasteiger partial charge in [0.05, 0.1) is 25.4 Å². The molecule has 0 bridgehead atoms. The summed E-state index contributed by atoms with van der Waals surface area (Å²) in [4.78, 5) is 13.3. The van der Waals surface area contributed by atoms with Crippen LogP contribution < -0.4 is 15.0 Å². The summed E-state index contributed by atoms with van der Waals surface area (Å²) in [5.74, 6) is 0.809. The van der Waals surface area contributed by atoms with Crippen molar-refractivity contribution in [3.8, 4) is 5.75 Å². The van der Waals surface area contributed by atoms with Gasteiger partial charge in [0, 0.05) is 12.8 Å². The van der Waals surface area contributed by atoms with Gasteiger partial charge in [0.25, 0.3) is 5.91 Å². The molecule has 1 aromatic rings. The Kier molecular flexibility index (Phi) is 4.59. The fourth-order valence-corrected chi connectivity index (χ4v) is 2.32. The molecule has 0 saturated carbocycles. The highest BCUT2D eigenvalue weighted by atomic mass is 16.5. The molecule has 0 aromatic heterocycles. The summed E-state index contributed by atoms with van der Waals surface area (Å²) in [6.45, 7) is 5.32. The number of hydrogen-bond donors (Lipinski definition) is 2.